The third-order valence-corrected chi connectivity index (χ3v) is 4.29. The number of hydrogen-bond acceptors (Lipinski definition) is 5. The minimum absolute atomic E-state index is 0.244. The second-order valence-corrected chi connectivity index (χ2v) is 5.56. The molecule has 4 nitrogen and oxygen atoms in total. The zero-order chi connectivity index (χ0) is 12.3. The van der Waals surface area contributed by atoms with Gasteiger partial charge in [-0.15, -0.1) is 11.3 Å². The highest BCUT2D eigenvalue weighted by Gasteiger charge is 2.20. The van der Waals surface area contributed by atoms with Crippen LogP contribution in [0.1, 0.15) is 46.1 Å². The van der Waals surface area contributed by atoms with E-state index in [-0.39, 0.29) is 5.97 Å². The highest BCUT2D eigenvalue weighted by atomic mass is 32.1. The van der Waals surface area contributed by atoms with Crippen molar-refractivity contribution in [2.45, 2.75) is 39.2 Å². The number of aromatic nitrogens is 1. The number of rotatable bonds is 4. The number of thiazole rings is 1. The second kappa shape index (κ2) is 5.60. The van der Waals surface area contributed by atoms with Crippen molar-refractivity contribution >= 4 is 17.3 Å². The van der Waals surface area contributed by atoms with Crippen LogP contribution < -0.4 is 5.73 Å². The summed E-state index contributed by atoms with van der Waals surface area (Å²) in [6.45, 7) is 2.75. The molecule has 1 aliphatic carbocycles. The molecule has 0 saturated heterocycles. The van der Waals surface area contributed by atoms with Gasteiger partial charge in [-0.05, 0) is 25.7 Å². The Morgan fingerprint density at radius 1 is 1.53 bits per heavy atom. The second-order valence-electron chi connectivity index (χ2n) is 4.48. The van der Waals surface area contributed by atoms with Gasteiger partial charge in [0.05, 0.1) is 12.3 Å². The van der Waals surface area contributed by atoms with Crippen LogP contribution in [0.5, 0.6) is 0 Å². The molecule has 2 rings (SSSR count). The maximum absolute atomic E-state index is 11.9. The van der Waals surface area contributed by atoms with E-state index in [1.54, 1.807) is 0 Å². The topological polar surface area (TPSA) is 65.2 Å². The summed E-state index contributed by atoms with van der Waals surface area (Å²) in [5.41, 5.74) is 6.23. The van der Waals surface area contributed by atoms with Gasteiger partial charge in [-0.1, -0.05) is 12.8 Å². The van der Waals surface area contributed by atoms with E-state index in [1.165, 1.54) is 37.0 Å². The van der Waals surface area contributed by atoms with E-state index in [0.29, 0.717) is 23.9 Å². The molecule has 2 N–H and O–H groups in total. The highest BCUT2D eigenvalue weighted by molar-refractivity contribution is 7.13. The van der Waals surface area contributed by atoms with Crippen molar-refractivity contribution in [2.75, 3.05) is 6.61 Å². The normalized spacial score (nSPS) is 16.4. The average Bonchev–Trinajstić information content (AvgIpc) is 2.94. The van der Waals surface area contributed by atoms with Gasteiger partial charge in [-0.25, -0.2) is 9.78 Å². The summed E-state index contributed by atoms with van der Waals surface area (Å²) in [7, 11) is 0. The van der Waals surface area contributed by atoms with E-state index >= 15 is 0 Å². The maximum Gasteiger partial charge on any atom is 0.350 e. The predicted octanol–water partition coefficient (Wildman–Crippen LogP) is 2.26. The van der Waals surface area contributed by atoms with Crippen LogP contribution >= 0.6 is 11.3 Å². The number of esters is 1. The number of hydrogen-bond donors (Lipinski definition) is 1. The van der Waals surface area contributed by atoms with E-state index < -0.39 is 0 Å². The van der Waals surface area contributed by atoms with Crippen LogP contribution in [0.3, 0.4) is 0 Å². The maximum atomic E-state index is 11.9. The van der Waals surface area contributed by atoms with Crippen molar-refractivity contribution < 1.29 is 9.53 Å². The molecule has 1 fully saturated rings. The van der Waals surface area contributed by atoms with Crippen LogP contribution in [0.15, 0.2) is 0 Å². The Labute approximate surface area is 105 Å². The Hall–Kier alpha value is -0.940. The molecule has 1 aromatic rings. The molecule has 5 heteroatoms. The molecular weight excluding hydrogens is 236 g/mol. The first-order chi connectivity index (χ1) is 8.20. The van der Waals surface area contributed by atoms with Gasteiger partial charge in [0.1, 0.15) is 9.88 Å². The fourth-order valence-corrected chi connectivity index (χ4v) is 3.00. The lowest BCUT2D eigenvalue weighted by Crippen LogP contribution is -2.11. The van der Waals surface area contributed by atoms with Crippen molar-refractivity contribution in [1.29, 1.82) is 0 Å². The Morgan fingerprint density at radius 3 is 2.82 bits per heavy atom. The molecule has 17 heavy (non-hydrogen) atoms. The van der Waals surface area contributed by atoms with Gasteiger partial charge in [0.25, 0.3) is 0 Å². The van der Waals surface area contributed by atoms with E-state index in [9.17, 15) is 4.79 Å². The average molecular weight is 254 g/mol. The Kier molecular flexibility index (Phi) is 4.12. The first-order valence-electron chi connectivity index (χ1n) is 6.04. The van der Waals surface area contributed by atoms with Gasteiger partial charge in [0.2, 0.25) is 0 Å². The number of aryl methyl sites for hydroxylation is 1. The van der Waals surface area contributed by atoms with Gasteiger partial charge in [0.15, 0.2) is 0 Å². The largest absolute Gasteiger partial charge is 0.461 e. The van der Waals surface area contributed by atoms with Gasteiger partial charge in [0, 0.05) is 6.54 Å². The standard InChI is InChI=1S/C12H18N2O2S/c1-8-11(17-10(6-13)14-8)12(15)16-7-9-4-2-3-5-9/h9H,2-7,13H2,1H3. The molecule has 1 aromatic heterocycles. The van der Waals surface area contributed by atoms with Gasteiger partial charge >= 0.3 is 5.97 Å². The fourth-order valence-electron chi connectivity index (χ4n) is 2.17. The molecule has 94 valence electrons. The Morgan fingerprint density at radius 2 is 2.24 bits per heavy atom. The van der Waals surface area contributed by atoms with E-state index in [2.05, 4.69) is 4.98 Å². The van der Waals surface area contributed by atoms with Crippen LogP contribution in [0.25, 0.3) is 0 Å². The number of carbonyl (C=O) groups is 1. The monoisotopic (exact) mass is 254 g/mol. The number of nitrogens with zero attached hydrogens (tertiary/aromatic N) is 1. The SMILES string of the molecule is Cc1nc(CN)sc1C(=O)OCC1CCCC1. The van der Waals surface area contributed by atoms with Crippen molar-refractivity contribution in [3.63, 3.8) is 0 Å². The molecule has 1 heterocycles. The van der Waals surface area contributed by atoms with Crippen molar-refractivity contribution in [3.8, 4) is 0 Å². The summed E-state index contributed by atoms with van der Waals surface area (Å²) >= 11 is 1.34. The molecule has 0 unspecified atom stereocenters. The summed E-state index contributed by atoms with van der Waals surface area (Å²) in [5.74, 6) is 0.313. The number of carbonyl (C=O) groups excluding carboxylic acids is 1. The molecular formula is C12H18N2O2S. The molecule has 0 bridgehead atoms. The van der Waals surface area contributed by atoms with Crippen LogP contribution in [-0.2, 0) is 11.3 Å². The lowest BCUT2D eigenvalue weighted by atomic mass is 10.1. The lowest BCUT2D eigenvalue weighted by Gasteiger charge is -2.09. The molecule has 0 atom stereocenters. The minimum Gasteiger partial charge on any atom is -0.461 e. The molecule has 0 amide bonds. The first-order valence-corrected chi connectivity index (χ1v) is 6.86. The third kappa shape index (κ3) is 3.04. The summed E-state index contributed by atoms with van der Waals surface area (Å²) in [6.07, 6.45) is 4.89. The molecule has 1 saturated carbocycles. The predicted molar refractivity (Wildman–Crippen MR) is 67.0 cm³/mol. The van der Waals surface area contributed by atoms with E-state index in [1.807, 2.05) is 6.92 Å². The quantitative estimate of drug-likeness (QED) is 0.837. The van der Waals surface area contributed by atoms with Crippen LogP contribution in [0.2, 0.25) is 0 Å². The summed E-state index contributed by atoms with van der Waals surface area (Å²) in [5, 5.41) is 0.787. The van der Waals surface area contributed by atoms with Crippen LogP contribution in [0, 0.1) is 12.8 Å². The van der Waals surface area contributed by atoms with Crippen molar-refractivity contribution in [2.24, 2.45) is 11.7 Å². The zero-order valence-corrected chi connectivity index (χ0v) is 10.9. The smallest absolute Gasteiger partial charge is 0.350 e. The van der Waals surface area contributed by atoms with E-state index in [0.717, 1.165) is 10.7 Å². The highest BCUT2D eigenvalue weighted by Crippen LogP contribution is 2.25. The first kappa shape index (κ1) is 12.5. The van der Waals surface area contributed by atoms with Crippen LogP contribution in [0.4, 0.5) is 0 Å². The zero-order valence-electron chi connectivity index (χ0n) is 10.1. The van der Waals surface area contributed by atoms with Crippen molar-refractivity contribution in [3.05, 3.63) is 15.6 Å². The lowest BCUT2D eigenvalue weighted by molar-refractivity contribution is 0.0447. The minimum atomic E-state index is -0.244. The summed E-state index contributed by atoms with van der Waals surface area (Å²) < 4.78 is 5.34. The van der Waals surface area contributed by atoms with Crippen LogP contribution in [-0.4, -0.2) is 17.6 Å². The number of ether oxygens (including phenoxy) is 1. The third-order valence-electron chi connectivity index (χ3n) is 3.13. The molecule has 0 aliphatic heterocycles. The molecule has 0 spiro atoms. The fraction of sp³-hybridized carbons (Fsp3) is 0.667. The van der Waals surface area contributed by atoms with Gasteiger partial charge in [-0.3, -0.25) is 0 Å². The van der Waals surface area contributed by atoms with Gasteiger partial charge < -0.3 is 10.5 Å². The summed E-state index contributed by atoms with van der Waals surface area (Å²) in [4.78, 5) is 16.7. The van der Waals surface area contributed by atoms with E-state index in [4.69, 9.17) is 10.5 Å². The molecule has 1 aliphatic rings. The van der Waals surface area contributed by atoms with Crippen molar-refractivity contribution in [1.82, 2.24) is 4.98 Å². The number of nitrogens with two attached hydrogens (primary N) is 1. The molecule has 0 radical (unpaired) electrons. The van der Waals surface area contributed by atoms with Gasteiger partial charge in [-0.2, -0.15) is 0 Å². The summed E-state index contributed by atoms with van der Waals surface area (Å²) in [6, 6.07) is 0. The Bertz CT molecular complexity index is 397. The molecule has 0 aromatic carbocycles. The Balaban J connectivity index is 1.91.